The first-order valence-electron chi connectivity index (χ1n) is 6.72. The lowest BCUT2D eigenvalue weighted by Crippen LogP contribution is -2.42. The molecule has 1 aromatic heterocycles. The van der Waals surface area contributed by atoms with Crippen molar-refractivity contribution in [3.63, 3.8) is 0 Å². The van der Waals surface area contributed by atoms with Crippen molar-refractivity contribution >= 4 is 5.95 Å². The molecule has 0 amide bonds. The minimum atomic E-state index is -0.0745. The highest BCUT2D eigenvalue weighted by molar-refractivity contribution is 5.28. The summed E-state index contributed by atoms with van der Waals surface area (Å²) in [5.74, 6) is 1.85. The SMILES string of the molecule is CCNc1nnc(C2(CN)CCOCC2)n1CC. The van der Waals surface area contributed by atoms with Gasteiger partial charge in [0.05, 0.1) is 0 Å². The van der Waals surface area contributed by atoms with Crippen LogP contribution in [0.4, 0.5) is 5.95 Å². The second kappa shape index (κ2) is 5.67. The largest absolute Gasteiger partial charge is 0.381 e. The second-order valence-electron chi connectivity index (χ2n) is 4.72. The zero-order valence-electron chi connectivity index (χ0n) is 11.3. The van der Waals surface area contributed by atoms with E-state index in [1.54, 1.807) is 0 Å². The highest BCUT2D eigenvalue weighted by Gasteiger charge is 2.38. The smallest absolute Gasteiger partial charge is 0.224 e. The van der Waals surface area contributed by atoms with E-state index in [0.29, 0.717) is 6.54 Å². The average Bonchev–Trinajstić information content (AvgIpc) is 2.83. The lowest BCUT2D eigenvalue weighted by Gasteiger charge is -2.35. The summed E-state index contributed by atoms with van der Waals surface area (Å²) in [5, 5.41) is 11.9. The summed E-state index contributed by atoms with van der Waals surface area (Å²) >= 11 is 0. The number of nitrogens with zero attached hydrogens (tertiary/aromatic N) is 3. The lowest BCUT2D eigenvalue weighted by molar-refractivity contribution is 0.0486. The molecule has 0 bridgehead atoms. The van der Waals surface area contributed by atoms with Crippen molar-refractivity contribution in [1.82, 2.24) is 14.8 Å². The van der Waals surface area contributed by atoms with Crippen LogP contribution in [0, 0.1) is 0 Å². The molecule has 0 spiro atoms. The Balaban J connectivity index is 2.35. The van der Waals surface area contributed by atoms with E-state index in [4.69, 9.17) is 10.5 Å². The molecule has 0 saturated carbocycles. The molecule has 1 saturated heterocycles. The first kappa shape index (κ1) is 13.3. The van der Waals surface area contributed by atoms with Gasteiger partial charge in [0.15, 0.2) is 0 Å². The Labute approximate surface area is 108 Å². The molecule has 6 heteroatoms. The molecular formula is C12H23N5O. The third-order valence-electron chi connectivity index (χ3n) is 3.72. The first-order chi connectivity index (χ1) is 8.77. The van der Waals surface area contributed by atoms with Crippen LogP contribution in [0.3, 0.4) is 0 Å². The van der Waals surface area contributed by atoms with Crippen molar-refractivity contribution in [2.24, 2.45) is 5.73 Å². The van der Waals surface area contributed by atoms with Gasteiger partial charge in [-0.1, -0.05) is 0 Å². The van der Waals surface area contributed by atoms with Gasteiger partial charge in [0.25, 0.3) is 0 Å². The summed E-state index contributed by atoms with van der Waals surface area (Å²) in [6.07, 6.45) is 1.85. The molecule has 1 aromatic rings. The number of hydrogen-bond acceptors (Lipinski definition) is 5. The molecular weight excluding hydrogens is 230 g/mol. The zero-order chi connectivity index (χ0) is 13.0. The highest BCUT2D eigenvalue weighted by atomic mass is 16.5. The van der Waals surface area contributed by atoms with E-state index >= 15 is 0 Å². The van der Waals surface area contributed by atoms with E-state index < -0.39 is 0 Å². The van der Waals surface area contributed by atoms with Crippen LogP contribution in [0.5, 0.6) is 0 Å². The summed E-state index contributed by atoms with van der Waals surface area (Å²) in [4.78, 5) is 0. The van der Waals surface area contributed by atoms with Gasteiger partial charge in [0.2, 0.25) is 5.95 Å². The Kier molecular flexibility index (Phi) is 4.19. The summed E-state index contributed by atoms with van der Waals surface area (Å²) < 4.78 is 7.59. The molecule has 2 rings (SSSR count). The fourth-order valence-corrected chi connectivity index (χ4v) is 2.56. The van der Waals surface area contributed by atoms with E-state index in [9.17, 15) is 0 Å². The van der Waals surface area contributed by atoms with Crippen LogP contribution in [-0.2, 0) is 16.7 Å². The summed E-state index contributed by atoms with van der Waals surface area (Å²) in [6.45, 7) is 7.97. The summed E-state index contributed by atoms with van der Waals surface area (Å²) in [6, 6.07) is 0. The molecule has 18 heavy (non-hydrogen) atoms. The molecule has 1 aliphatic rings. The van der Waals surface area contributed by atoms with Gasteiger partial charge in [-0.05, 0) is 26.7 Å². The van der Waals surface area contributed by atoms with E-state index in [1.165, 1.54) is 0 Å². The lowest BCUT2D eigenvalue weighted by atomic mass is 9.79. The summed E-state index contributed by atoms with van der Waals surface area (Å²) in [7, 11) is 0. The van der Waals surface area contributed by atoms with Gasteiger partial charge in [-0.3, -0.25) is 4.57 Å². The van der Waals surface area contributed by atoms with Crippen molar-refractivity contribution < 1.29 is 4.74 Å². The molecule has 0 aromatic carbocycles. The van der Waals surface area contributed by atoms with Gasteiger partial charge in [0.1, 0.15) is 5.82 Å². The minimum absolute atomic E-state index is 0.0745. The Morgan fingerprint density at radius 3 is 2.61 bits per heavy atom. The van der Waals surface area contributed by atoms with Crippen LogP contribution < -0.4 is 11.1 Å². The average molecular weight is 253 g/mol. The number of aromatic nitrogens is 3. The van der Waals surface area contributed by atoms with Crippen LogP contribution >= 0.6 is 0 Å². The molecule has 0 unspecified atom stereocenters. The van der Waals surface area contributed by atoms with Crippen molar-refractivity contribution in [3.05, 3.63) is 5.82 Å². The number of rotatable bonds is 5. The fourth-order valence-electron chi connectivity index (χ4n) is 2.56. The van der Waals surface area contributed by atoms with E-state index in [-0.39, 0.29) is 5.41 Å². The minimum Gasteiger partial charge on any atom is -0.381 e. The monoisotopic (exact) mass is 253 g/mol. The summed E-state index contributed by atoms with van der Waals surface area (Å²) in [5.41, 5.74) is 5.95. The van der Waals surface area contributed by atoms with Crippen LogP contribution in [-0.4, -0.2) is 41.1 Å². The Bertz CT molecular complexity index is 384. The number of hydrogen-bond donors (Lipinski definition) is 2. The fraction of sp³-hybridized carbons (Fsp3) is 0.833. The van der Waals surface area contributed by atoms with Crippen LogP contribution in [0.25, 0.3) is 0 Å². The van der Waals surface area contributed by atoms with Crippen LogP contribution in [0.1, 0.15) is 32.5 Å². The van der Waals surface area contributed by atoms with E-state index in [2.05, 4.69) is 33.9 Å². The van der Waals surface area contributed by atoms with Crippen molar-refractivity contribution in [2.45, 2.75) is 38.6 Å². The Morgan fingerprint density at radius 1 is 1.33 bits per heavy atom. The standard InChI is InChI=1S/C12H23N5O/c1-3-14-11-16-15-10(17(11)4-2)12(9-13)5-7-18-8-6-12/h3-9,13H2,1-2H3,(H,14,16). The van der Waals surface area contributed by atoms with E-state index in [1.807, 2.05) is 0 Å². The molecule has 0 atom stereocenters. The molecule has 0 aliphatic carbocycles. The second-order valence-corrected chi connectivity index (χ2v) is 4.72. The molecule has 0 radical (unpaired) electrons. The maximum atomic E-state index is 6.02. The van der Waals surface area contributed by atoms with Gasteiger partial charge in [0, 0.05) is 38.3 Å². The van der Waals surface area contributed by atoms with Gasteiger partial charge in [-0.2, -0.15) is 0 Å². The topological polar surface area (TPSA) is 78.0 Å². The molecule has 1 aliphatic heterocycles. The number of nitrogens with two attached hydrogens (primary N) is 1. The molecule has 6 nitrogen and oxygen atoms in total. The van der Waals surface area contributed by atoms with Gasteiger partial charge < -0.3 is 15.8 Å². The van der Waals surface area contributed by atoms with Crippen molar-refractivity contribution in [2.75, 3.05) is 31.6 Å². The molecule has 1 fully saturated rings. The molecule has 102 valence electrons. The van der Waals surface area contributed by atoms with Gasteiger partial charge in [-0.25, -0.2) is 0 Å². The molecule has 3 N–H and O–H groups in total. The number of ether oxygens (including phenoxy) is 1. The van der Waals surface area contributed by atoms with Crippen molar-refractivity contribution in [3.8, 4) is 0 Å². The maximum Gasteiger partial charge on any atom is 0.224 e. The third kappa shape index (κ3) is 2.22. The zero-order valence-corrected chi connectivity index (χ0v) is 11.3. The van der Waals surface area contributed by atoms with Crippen LogP contribution in [0.15, 0.2) is 0 Å². The number of nitrogens with one attached hydrogen (secondary N) is 1. The Morgan fingerprint density at radius 2 is 2.06 bits per heavy atom. The number of anilines is 1. The normalized spacial score (nSPS) is 18.8. The third-order valence-corrected chi connectivity index (χ3v) is 3.72. The van der Waals surface area contributed by atoms with Crippen LogP contribution in [0.2, 0.25) is 0 Å². The Hall–Kier alpha value is -1.14. The highest BCUT2D eigenvalue weighted by Crippen LogP contribution is 2.33. The predicted octanol–water partition coefficient (Wildman–Crippen LogP) is 0.737. The first-order valence-corrected chi connectivity index (χ1v) is 6.72. The van der Waals surface area contributed by atoms with Crippen molar-refractivity contribution in [1.29, 1.82) is 0 Å². The predicted molar refractivity (Wildman–Crippen MR) is 70.6 cm³/mol. The maximum absolute atomic E-state index is 6.02. The van der Waals surface area contributed by atoms with Gasteiger partial charge >= 0.3 is 0 Å². The van der Waals surface area contributed by atoms with E-state index in [0.717, 1.165) is 50.9 Å². The molecule has 2 heterocycles. The van der Waals surface area contributed by atoms with Gasteiger partial charge in [-0.15, -0.1) is 10.2 Å². The quantitative estimate of drug-likeness (QED) is 0.809.